The van der Waals surface area contributed by atoms with Crippen LogP contribution in [-0.2, 0) is 4.79 Å². The molecule has 5 nitrogen and oxygen atoms in total. The molecule has 17 heavy (non-hydrogen) atoms. The number of nitrogens with zero attached hydrogens (tertiary/aromatic N) is 1. The molecular weight excluding hydrogens is 220 g/mol. The molecule has 0 fully saturated rings. The van der Waals surface area contributed by atoms with Crippen LogP contribution >= 0.6 is 0 Å². The van der Waals surface area contributed by atoms with Gasteiger partial charge in [0, 0.05) is 0 Å². The van der Waals surface area contributed by atoms with Gasteiger partial charge in [-0.3, -0.25) is 4.79 Å². The largest absolute Gasteiger partial charge is 0.478 e. The molecule has 0 radical (unpaired) electrons. The van der Waals surface area contributed by atoms with E-state index in [-0.39, 0.29) is 24.6 Å². The third kappa shape index (κ3) is 1.93. The van der Waals surface area contributed by atoms with Gasteiger partial charge in [0.2, 0.25) is 5.91 Å². The Morgan fingerprint density at radius 2 is 2.35 bits per heavy atom. The molecule has 1 aliphatic rings. The lowest BCUT2D eigenvalue weighted by molar-refractivity contribution is -0.115. The minimum atomic E-state index is -1.04. The molecule has 0 spiro atoms. The molecule has 1 amide bonds. The number of aromatic carboxylic acids is 1. The van der Waals surface area contributed by atoms with E-state index in [1.54, 1.807) is 17.0 Å². The van der Waals surface area contributed by atoms with Crippen molar-refractivity contribution in [3.05, 3.63) is 23.8 Å². The molecule has 0 bridgehead atoms. The second kappa shape index (κ2) is 4.18. The van der Waals surface area contributed by atoms with Crippen LogP contribution in [0.3, 0.4) is 0 Å². The zero-order valence-corrected chi connectivity index (χ0v) is 8.93. The van der Waals surface area contributed by atoms with Crippen molar-refractivity contribution in [3.8, 4) is 12.3 Å². The standard InChI is InChI=1S/C12H10N2O3/c1-2-6-14-7-10(15)13-9-5-3-4-8(11(9)14)12(16)17/h1,3-5H,6-7H2,(H,13,15)(H,16,17). The van der Waals surface area contributed by atoms with Crippen LogP contribution in [0.15, 0.2) is 18.2 Å². The average molecular weight is 230 g/mol. The summed E-state index contributed by atoms with van der Waals surface area (Å²) in [7, 11) is 0. The van der Waals surface area contributed by atoms with Crippen molar-refractivity contribution in [3.63, 3.8) is 0 Å². The molecule has 0 atom stereocenters. The number of rotatable bonds is 2. The van der Waals surface area contributed by atoms with Crippen molar-refractivity contribution >= 4 is 23.3 Å². The lowest BCUT2D eigenvalue weighted by Gasteiger charge is -2.30. The Bertz CT molecular complexity index is 531. The predicted octanol–water partition coefficient (Wildman–Crippen LogP) is 0.776. The molecular formula is C12H10N2O3. The van der Waals surface area contributed by atoms with E-state index in [0.717, 1.165) is 0 Å². The fourth-order valence-corrected chi connectivity index (χ4v) is 1.84. The first-order valence-corrected chi connectivity index (χ1v) is 4.98. The van der Waals surface area contributed by atoms with Crippen molar-refractivity contribution in [1.29, 1.82) is 0 Å². The molecule has 0 aromatic heterocycles. The number of amides is 1. The van der Waals surface area contributed by atoms with Crippen molar-refractivity contribution in [2.24, 2.45) is 0 Å². The van der Waals surface area contributed by atoms with Gasteiger partial charge in [0.05, 0.1) is 30.0 Å². The third-order valence-corrected chi connectivity index (χ3v) is 2.47. The number of nitrogens with one attached hydrogen (secondary N) is 1. The Hall–Kier alpha value is -2.48. The number of carbonyl (C=O) groups is 2. The highest BCUT2D eigenvalue weighted by Crippen LogP contribution is 2.32. The van der Waals surface area contributed by atoms with E-state index < -0.39 is 5.97 Å². The molecule has 1 aliphatic heterocycles. The molecule has 1 heterocycles. The Morgan fingerprint density at radius 1 is 1.59 bits per heavy atom. The van der Waals surface area contributed by atoms with Gasteiger partial charge in [0.25, 0.3) is 0 Å². The highest BCUT2D eigenvalue weighted by atomic mass is 16.4. The predicted molar refractivity (Wildman–Crippen MR) is 63.1 cm³/mol. The smallest absolute Gasteiger partial charge is 0.337 e. The summed E-state index contributed by atoms with van der Waals surface area (Å²) in [5, 5.41) is 11.7. The van der Waals surface area contributed by atoms with Gasteiger partial charge >= 0.3 is 5.97 Å². The molecule has 2 N–H and O–H groups in total. The van der Waals surface area contributed by atoms with Crippen LogP contribution < -0.4 is 10.2 Å². The first kappa shape index (κ1) is 11.0. The lowest BCUT2D eigenvalue weighted by atomic mass is 10.1. The van der Waals surface area contributed by atoms with E-state index in [1.807, 2.05) is 0 Å². The number of hydrogen-bond acceptors (Lipinski definition) is 3. The van der Waals surface area contributed by atoms with Crippen molar-refractivity contribution in [2.75, 3.05) is 23.3 Å². The van der Waals surface area contributed by atoms with Gasteiger partial charge in [-0.05, 0) is 12.1 Å². The normalized spacial score (nSPS) is 13.6. The van der Waals surface area contributed by atoms with E-state index in [9.17, 15) is 9.59 Å². The zero-order chi connectivity index (χ0) is 12.4. The van der Waals surface area contributed by atoms with Crippen LogP contribution in [0.4, 0.5) is 11.4 Å². The van der Waals surface area contributed by atoms with E-state index in [0.29, 0.717) is 11.4 Å². The number of terminal acetylenes is 1. The molecule has 0 unspecified atom stereocenters. The van der Waals surface area contributed by atoms with Gasteiger partial charge in [-0.25, -0.2) is 4.79 Å². The fourth-order valence-electron chi connectivity index (χ4n) is 1.84. The van der Waals surface area contributed by atoms with Gasteiger partial charge in [0.1, 0.15) is 0 Å². The Kier molecular flexibility index (Phi) is 2.71. The van der Waals surface area contributed by atoms with Gasteiger partial charge in [-0.2, -0.15) is 0 Å². The Morgan fingerprint density at radius 3 is 3.00 bits per heavy atom. The maximum Gasteiger partial charge on any atom is 0.337 e. The maximum atomic E-state index is 11.4. The molecule has 1 aromatic rings. The molecule has 0 saturated heterocycles. The minimum absolute atomic E-state index is 0.0709. The Balaban J connectivity index is 2.56. The highest BCUT2D eigenvalue weighted by Gasteiger charge is 2.26. The minimum Gasteiger partial charge on any atom is -0.478 e. The number of anilines is 2. The summed E-state index contributed by atoms with van der Waals surface area (Å²) in [6.45, 7) is 0.270. The van der Waals surface area contributed by atoms with Crippen LogP contribution in [0.1, 0.15) is 10.4 Å². The molecule has 2 rings (SSSR count). The first-order valence-electron chi connectivity index (χ1n) is 4.98. The summed E-state index contributed by atoms with van der Waals surface area (Å²) in [6.07, 6.45) is 5.22. The van der Waals surface area contributed by atoms with Crippen molar-refractivity contribution in [1.82, 2.24) is 0 Å². The molecule has 0 saturated carbocycles. The molecule has 0 aliphatic carbocycles. The first-order chi connectivity index (χ1) is 8.13. The maximum absolute atomic E-state index is 11.4. The van der Waals surface area contributed by atoms with Crippen LogP contribution in [0.2, 0.25) is 0 Å². The summed E-state index contributed by atoms with van der Waals surface area (Å²) in [6, 6.07) is 4.73. The fraction of sp³-hybridized carbons (Fsp3) is 0.167. The molecule has 1 aromatic carbocycles. The van der Waals surface area contributed by atoms with Crippen LogP contribution in [0, 0.1) is 12.3 Å². The average Bonchev–Trinajstić information content (AvgIpc) is 2.28. The van der Waals surface area contributed by atoms with Crippen LogP contribution in [0.5, 0.6) is 0 Å². The topological polar surface area (TPSA) is 69.6 Å². The summed E-state index contributed by atoms with van der Waals surface area (Å²) in [5.74, 6) is 1.18. The van der Waals surface area contributed by atoms with E-state index in [4.69, 9.17) is 11.5 Å². The number of fused-ring (bicyclic) bond motifs is 1. The van der Waals surface area contributed by atoms with Gasteiger partial charge in [-0.1, -0.05) is 12.0 Å². The van der Waals surface area contributed by atoms with Crippen molar-refractivity contribution in [2.45, 2.75) is 0 Å². The number of hydrogen-bond donors (Lipinski definition) is 2. The summed E-state index contributed by atoms with van der Waals surface area (Å²) in [4.78, 5) is 24.1. The highest BCUT2D eigenvalue weighted by molar-refractivity contribution is 6.07. The van der Waals surface area contributed by atoms with Crippen molar-refractivity contribution < 1.29 is 14.7 Å². The van der Waals surface area contributed by atoms with Crippen LogP contribution in [-0.4, -0.2) is 30.1 Å². The Labute approximate surface area is 98.0 Å². The summed E-state index contributed by atoms with van der Waals surface area (Å²) >= 11 is 0. The van der Waals surface area contributed by atoms with Gasteiger partial charge < -0.3 is 15.3 Å². The second-order valence-corrected chi connectivity index (χ2v) is 3.62. The quantitative estimate of drug-likeness (QED) is 0.736. The zero-order valence-electron chi connectivity index (χ0n) is 8.93. The number of carboxylic acid groups (broad SMARTS) is 1. The summed E-state index contributed by atoms with van der Waals surface area (Å²) in [5.41, 5.74) is 1.09. The summed E-state index contributed by atoms with van der Waals surface area (Å²) < 4.78 is 0. The number of carboxylic acids is 1. The monoisotopic (exact) mass is 230 g/mol. The lowest BCUT2D eigenvalue weighted by Crippen LogP contribution is -2.39. The van der Waals surface area contributed by atoms with E-state index in [1.165, 1.54) is 6.07 Å². The van der Waals surface area contributed by atoms with Crippen LogP contribution in [0.25, 0.3) is 0 Å². The molecule has 86 valence electrons. The van der Waals surface area contributed by atoms with E-state index >= 15 is 0 Å². The number of benzene rings is 1. The number of carbonyl (C=O) groups excluding carboxylic acids is 1. The van der Waals surface area contributed by atoms with Gasteiger partial charge in [-0.15, -0.1) is 6.42 Å². The second-order valence-electron chi connectivity index (χ2n) is 3.62. The third-order valence-electron chi connectivity index (χ3n) is 2.47. The number of para-hydroxylation sites is 1. The SMILES string of the molecule is C#CCN1CC(=O)Nc2cccc(C(=O)O)c21. The van der Waals surface area contributed by atoms with Gasteiger partial charge in [0.15, 0.2) is 0 Å². The molecule has 5 heteroatoms. The van der Waals surface area contributed by atoms with E-state index in [2.05, 4.69) is 11.2 Å².